The summed E-state index contributed by atoms with van der Waals surface area (Å²) in [7, 11) is 0. The van der Waals surface area contributed by atoms with Gasteiger partial charge in [-0.1, -0.05) is 46.4 Å². The van der Waals surface area contributed by atoms with Gasteiger partial charge >= 0.3 is 0 Å². The molecule has 0 amide bonds. The van der Waals surface area contributed by atoms with E-state index in [1.165, 1.54) is 18.2 Å². The molecule has 0 spiro atoms. The van der Waals surface area contributed by atoms with Crippen LogP contribution in [-0.2, 0) is 11.3 Å². The van der Waals surface area contributed by atoms with E-state index in [0.717, 1.165) is 0 Å². The first-order valence-electron chi connectivity index (χ1n) is 5.93. The Balaban J connectivity index is 2.27. The van der Waals surface area contributed by atoms with E-state index in [4.69, 9.17) is 55.9 Å². The SMILES string of the molecule is CCOCc1nc(Cl)cc(Oc2cc(Cl)c(Cl)cc2Cl)n1. The summed E-state index contributed by atoms with van der Waals surface area (Å²) in [5.41, 5.74) is 0. The highest BCUT2D eigenvalue weighted by molar-refractivity contribution is 6.43. The third-order valence-corrected chi connectivity index (χ3v) is 3.55. The van der Waals surface area contributed by atoms with Gasteiger partial charge in [-0.05, 0) is 13.0 Å². The number of nitrogens with zero attached hydrogens (tertiary/aromatic N) is 2. The smallest absolute Gasteiger partial charge is 0.224 e. The van der Waals surface area contributed by atoms with E-state index in [1.807, 2.05) is 6.92 Å². The largest absolute Gasteiger partial charge is 0.437 e. The number of aromatic nitrogens is 2. The van der Waals surface area contributed by atoms with Crippen molar-refractivity contribution < 1.29 is 9.47 Å². The van der Waals surface area contributed by atoms with Crippen LogP contribution in [0.25, 0.3) is 0 Å². The van der Waals surface area contributed by atoms with Crippen LogP contribution in [0.15, 0.2) is 18.2 Å². The maximum atomic E-state index is 6.05. The second-order valence-corrected chi connectivity index (χ2v) is 5.49. The molecular weight excluding hydrogens is 358 g/mol. The molecule has 21 heavy (non-hydrogen) atoms. The lowest BCUT2D eigenvalue weighted by Gasteiger charge is -2.09. The van der Waals surface area contributed by atoms with Crippen LogP contribution in [0, 0.1) is 0 Å². The van der Waals surface area contributed by atoms with Crippen LogP contribution in [0.1, 0.15) is 12.7 Å². The Labute approximate surface area is 141 Å². The van der Waals surface area contributed by atoms with Crippen LogP contribution in [0.4, 0.5) is 0 Å². The summed E-state index contributed by atoms with van der Waals surface area (Å²) in [6.07, 6.45) is 0. The minimum absolute atomic E-state index is 0.239. The quantitative estimate of drug-likeness (QED) is 0.522. The van der Waals surface area contributed by atoms with Gasteiger partial charge in [-0.15, -0.1) is 0 Å². The average Bonchev–Trinajstić information content (AvgIpc) is 2.42. The Bertz CT molecular complexity index is 652. The molecule has 2 rings (SSSR count). The fraction of sp³-hybridized carbons (Fsp3) is 0.231. The van der Waals surface area contributed by atoms with Crippen molar-refractivity contribution in [2.45, 2.75) is 13.5 Å². The minimum Gasteiger partial charge on any atom is -0.437 e. The van der Waals surface area contributed by atoms with E-state index in [1.54, 1.807) is 0 Å². The summed E-state index contributed by atoms with van der Waals surface area (Å²) in [4.78, 5) is 8.22. The van der Waals surface area contributed by atoms with Crippen molar-refractivity contribution in [2.24, 2.45) is 0 Å². The zero-order chi connectivity index (χ0) is 15.4. The molecule has 8 heteroatoms. The highest BCUT2D eigenvalue weighted by Crippen LogP contribution is 2.36. The molecule has 0 aliphatic carbocycles. The predicted octanol–water partition coefficient (Wildman–Crippen LogP) is 5.42. The molecule has 0 unspecified atom stereocenters. The lowest BCUT2D eigenvalue weighted by molar-refractivity contribution is 0.128. The third kappa shape index (κ3) is 4.59. The summed E-state index contributed by atoms with van der Waals surface area (Å²) < 4.78 is 10.8. The van der Waals surface area contributed by atoms with E-state index < -0.39 is 0 Å². The first-order valence-corrected chi connectivity index (χ1v) is 7.44. The molecule has 112 valence electrons. The number of halogens is 4. The number of rotatable bonds is 5. The highest BCUT2D eigenvalue weighted by atomic mass is 35.5. The standard InChI is InChI=1S/C13H10Cl4N2O2/c1-2-20-6-12-18-11(17)5-13(19-12)21-10-4-8(15)7(14)3-9(10)16/h3-5H,2,6H2,1H3. The monoisotopic (exact) mass is 366 g/mol. The lowest BCUT2D eigenvalue weighted by atomic mass is 10.3. The van der Waals surface area contributed by atoms with E-state index in [2.05, 4.69) is 9.97 Å². The van der Waals surface area contributed by atoms with Gasteiger partial charge in [-0.2, -0.15) is 4.98 Å². The molecule has 0 saturated heterocycles. The maximum absolute atomic E-state index is 6.05. The summed E-state index contributed by atoms with van der Waals surface area (Å²) in [6, 6.07) is 4.46. The number of ether oxygens (including phenoxy) is 2. The van der Waals surface area contributed by atoms with Gasteiger partial charge in [0, 0.05) is 18.7 Å². The van der Waals surface area contributed by atoms with Crippen LogP contribution in [0.3, 0.4) is 0 Å². The van der Waals surface area contributed by atoms with Gasteiger partial charge in [-0.3, -0.25) is 0 Å². The Kier molecular flexibility index (Phi) is 5.90. The molecule has 0 atom stereocenters. The third-order valence-electron chi connectivity index (χ3n) is 2.34. The van der Waals surface area contributed by atoms with Gasteiger partial charge in [0.2, 0.25) is 5.88 Å². The number of benzene rings is 1. The summed E-state index contributed by atoms with van der Waals surface area (Å²) >= 11 is 23.8. The van der Waals surface area contributed by atoms with Gasteiger partial charge in [0.25, 0.3) is 0 Å². The molecule has 1 aromatic carbocycles. The zero-order valence-corrected chi connectivity index (χ0v) is 13.9. The molecular formula is C13H10Cl4N2O2. The Hall–Kier alpha value is -0.780. The molecule has 1 heterocycles. The summed E-state index contributed by atoms with van der Waals surface area (Å²) in [5.74, 6) is 0.976. The Morgan fingerprint density at radius 1 is 0.952 bits per heavy atom. The molecule has 0 N–H and O–H groups in total. The first-order chi connectivity index (χ1) is 9.99. The predicted molar refractivity (Wildman–Crippen MR) is 83.9 cm³/mol. The van der Waals surface area contributed by atoms with E-state index in [0.29, 0.717) is 33.2 Å². The molecule has 1 aromatic heterocycles. The van der Waals surface area contributed by atoms with Crippen molar-refractivity contribution in [3.8, 4) is 11.6 Å². The molecule has 0 saturated carbocycles. The number of hydrogen-bond donors (Lipinski definition) is 0. The van der Waals surface area contributed by atoms with Crippen molar-refractivity contribution in [3.63, 3.8) is 0 Å². The zero-order valence-electron chi connectivity index (χ0n) is 10.9. The van der Waals surface area contributed by atoms with Crippen LogP contribution < -0.4 is 4.74 Å². The van der Waals surface area contributed by atoms with E-state index in [9.17, 15) is 0 Å². The number of hydrogen-bond acceptors (Lipinski definition) is 4. The van der Waals surface area contributed by atoms with Crippen molar-refractivity contribution in [3.05, 3.63) is 44.2 Å². The van der Waals surface area contributed by atoms with E-state index >= 15 is 0 Å². The van der Waals surface area contributed by atoms with Crippen molar-refractivity contribution in [1.29, 1.82) is 0 Å². The second kappa shape index (κ2) is 7.47. The molecule has 2 aromatic rings. The van der Waals surface area contributed by atoms with Gasteiger partial charge < -0.3 is 9.47 Å². The molecule has 0 aliphatic heterocycles. The molecule has 0 bridgehead atoms. The average molecular weight is 368 g/mol. The Morgan fingerprint density at radius 2 is 1.67 bits per heavy atom. The van der Waals surface area contributed by atoms with Crippen molar-refractivity contribution in [1.82, 2.24) is 9.97 Å². The maximum Gasteiger partial charge on any atom is 0.224 e. The normalized spacial score (nSPS) is 10.7. The van der Waals surface area contributed by atoms with Crippen molar-refractivity contribution in [2.75, 3.05) is 6.61 Å². The summed E-state index contributed by atoms with van der Waals surface area (Å²) in [5, 5.41) is 1.22. The van der Waals surface area contributed by atoms with Gasteiger partial charge in [0.05, 0.1) is 15.1 Å². The van der Waals surface area contributed by atoms with Crippen molar-refractivity contribution >= 4 is 46.4 Å². The fourth-order valence-electron chi connectivity index (χ4n) is 1.45. The van der Waals surface area contributed by atoms with Gasteiger partial charge in [0.1, 0.15) is 17.5 Å². The molecule has 0 radical (unpaired) electrons. The van der Waals surface area contributed by atoms with Crippen LogP contribution in [0.5, 0.6) is 11.6 Å². The van der Waals surface area contributed by atoms with E-state index in [-0.39, 0.29) is 17.6 Å². The second-order valence-electron chi connectivity index (χ2n) is 3.88. The van der Waals surface area contributed by atoms with Crippen LogP contribution in [0.2, 0.25) is 20.2 Å². The van der Waals surface area contributed by atoms with Crippen LogP contribution in [-0.4, -0.2) is 16.6 Å². The highest BCUT2D eigenvalue weighted by Gasteiger charge is 2.11. The fourth-order valence-corrected chi connectivity index (χ4v) is 2.21. The van der Waals surface area contributed by atoms with Gasteiger partial charge in [-0.25, -0.2) is 4.98 Å². The van der Waals surface area contributed by atoms with Crippen LogP contribution >= 0.6 is 46.4 Å². The Morgan fingerprint density at radius 3 is 2.38 bits per heavy atom. The lowest BCUT2D eigenvalue weighted by Crippen LogP contribution is -2.01. The minimum atomic E-state index is 0.239. The van der Waals surface area contributed by atoms with Gasteiger partial charge in [0.15, 0.2) is 5.82 Å². The topological polar surface area (TPSA) is 44.2 Å². The molecule has 0 aliphatic rings. The summed E-state index contributed by atoms with van der Waals surface area (Å²) in [6.45, 7) is 2.66. The molecule has 4 nitrogen and oxygen atoms in total. The first kappa shape index (κ1) is 16.6. The molecule has 0 fully saturated rings.